The van der Waals surface area contributed by atoms with Gasteiger partial charge in [0.2, 0.25) is 0 Å². The third kappa shape index (κ3) is 0.856. The van der Waals surface area contributed by atoms with Crippen molar-refractivity contribution < 1.29 is 14.3 Å². The van der Waals surface area contributed by atoms with Crippen LogP contribution in [0.4, 0.5) is 0 Å². The summed E-state index contributed by atoms with van der Waals surface area (Å²) in [4.78, 5) is 29.2. The predicted molar refractivity (Wildman–Crippen MR) is 54.7 cm³/mol. The van der Waals surface area contributed by atoms with Crippen LogP contribution < -0.4 is 10.6 Å². The van der Waals surface area contributed by atoms with E-state index in [0.29, 0.717) is 24.9 Å². The quantitative estimate of drug-likeness (QED) is 0.401. The molecule has 3 aliphatic rings. The summed E-state index contributed by atoms with van der Waals surface area (Å²) in [6.07, 6.45) is 0. The Kier molecular flexibility index (Phi) is 1.65. The Labute approximate surface area is 92.0 Å². The van der Waals surface area contributed by atoms with Gasteiger partial charge in [-0.05, 0) is 16.4 Å². The standard InChI is InChI=1S/C9H13N5O2/c1-5-9(15)14(2)8(12-5)6-3-10-4-11-7(6)13(14)16/h5,10-11H,3-4H2,1-2H3/q+2. The lowest BCUT2D eigenvalue weighted by Gasteiger charge is -2.13. The van der Waals surface area contributed by atoms with Crippen LogP contribution in [0.1, 0.15) is 6.92 Å². The van der Waals surface area contributed by atoms with Crippen LogP contribution in [-0.2, 0) is 4.79 Å². The lowest BCUT2D eigenvalue weighted by Crippen LogP contribution is -2.54. The fourth-order valence-corrected chi connectivity index (χ4v) is 2.43. The van der Waals surface area contributed by atoms with E-state index in [1.54, 1.807) is 14.0 Å². The Bertz CT molecular complexity index is 480. The van der Waals surface area contributed by atoms with Gasteiger partial charge in [-0.1, -0.05) is 0 Å². The number of nitrogens with one attached hydrogen (secondary N) is 2. The minimum absolute atomic E-state index is 0.179. The van der Waals surface area contributed by atoms with E-state index in [1.165, 1.54) is 0 Å². The van der Waals surface area contributed by atoms with Crippen LogP contribution in [0, 0.1) is 4.91 Å². The van der Waals surface area contributed by atoms with Crippen molar-refractivity contribution >= 4 is 11.7 Å². The van der Waals surface area contributed by atoms with Gasteiger partial charge in [-0.25, -0.2) is 9.79 Å². The highest BCUT2D eigenvalue weighted by atomic mass is 16.4. The number of rotatable bonds is 0. The summed E-state index contributed by atoms with van der Waals surface area (Å²) in [7, 11) is 1.59. The number of aliphatic imine (C=N–C) groups is 1. The fraction of sp³-hybridized carbons (Fsp3) is 0.556. The number of hydrogen-bond donors (Lipinski definition) is 2. The predicted octanol–water partition coefficient (Wildman–Crippen LogP) is -1.17. The molecule has 0 saturated carbocycles. The highest BCUT2D eigenvalue weighted by Gasteiger charge is 2.65. The molecule has 7 heteroatoms. The van der Waals surface area contributed by atoms with Gasteiger partial charge in [-0.15, -0.1) is 0 Å². The Balaban J connectivity index is 2.19. The molecule has 2 atom stereocenters. The van der Waals surface area contributed by atoms with Gasteiger partial charge >= 0.3 is 11.7 Å². The maximum Gasteiger partial charge on any atom is 0.389 e. The molecule has 3 aliphatic heterocycles. The third-order valence-electron chi connectivity index (χ3n) is 3.31. The second-order valence-corrected chi connectivity index (χ2v) is 4.31. The average Bonchev–Trinajstić information content (AvgIpc) is 2.65. The first-order valence-electron chi connectivity index (χ1n) is 5.22. The minimum atomic E-state index is -0.438. The van der Waals surface area contributed by atoms with E-state index in [2.05, 4.69) is 15.6 Å². The molecule has 0 bridgehead atoms. The molecule has 0 radical (unpaired) electrons. The van der Waals surface area contributed by atoms with E-state index >= 15 is 0 Å². The monoisotopic (exact) mass is 223 g/mol. The zero-order valence-corrected chi connectivity index (χ0v) is 9.15. The van der Waals surface area contributed by atoms with Crippen molar-refractivity contribution in [2.24, 2.45) is 4.99 Å². The van der Waals surface area contributed by atoms with Gasteiger partial charge in [0.25, 0.3) is 5.84 Å². The summed E-state index contributed by atoms with van der Waals surface area (Å²) in [5.41, 5.74) is 0.807. The summed E-state index contributed by atoms with van der Waals surface area (Å²) in [6.45, 7) is 2.83. The molecular formula is C9H13N5O2+2. The highest BCUT2D eigenvalue weighted by Crippen LogP contribution is 2.32. The van der Waals surface area contributed by atoms with Crippen LogP contribution in [0.25, 0.3) is 0 Å². The molecule has 0 aromatic rings. The highest BCUT2D eigenvalue weighted by molar-refractivity contribution is 6.05. The maximum absolute atomic E-state index is 12.1. The molecule has 0 aliphatic carbocycles. The van der Waals surface area contributed by atoms with Gasteiger partial charge in [-0.2, -0.15) is 0 Å². The van der Waals surface area contributed by atoms with Gasteiger partial charge in [0, 0.05) is 6.54 Å². The lowest BCUT2D eigenvalue weighted by molar-refractivity contribution is -1.21. The summed E-state index contributed by atoms with van der Waals surface area (Å²) in [5, 5.41) is 6.05. The van der Waals surface area contributed by atoms with Crippen LogP contribution in [0.2, 0.25) is 0 Å². The maximum atomic E-state index is 12.1. The van der Waals surface area contributed by atoms with Crippen molar-refractivity contribution in [3.05, 3.63) is 16.3 Å². The summed E-state index contributed by atoms with van der Waals surface area (Å²) >= 11 is 0. The van der Waals surface area contributed by atoms with Crippen LogP contribution in [-0.4, -0.2) is 47.5 Å². The number of nitroso groups, excluding NO2 is 1. The molecular weight excluding hydrogens is 210 g/mol. The molecule has 16 heavy (non-hydrogen) atoms. The van der Waals surface area contributed by atoms with Crippen LogP contribution in [0.5, 0.6) is 0 Å². The minimum Gasteiger partial charge on any atom is -0.277 e. The van der Waals surface area contributed by atoms with Crippen molar-refractivity contribution in [3.8, 4) is 0 Å². The largest absolute Gasteiger partial charge is 0.389 e. The molecule has 7 nitrogen and oxygen atoms in total. The number of carbonyl (C=O) groups is 1. The molecule has 0 aromatic carbocycles. The molecule has 2 N–H and O–H groups in total. The number of nitrogens with zero attached hydrogens (tertiary/aromatic N) is 3. The molecule has 2 unspecified atom stereocenters. The van der Waals surface area contributed by atoms with E-state index in [4.69, 9.17) is 0 Å². The molecule has 84 valence electrons. The number of amidine groups is 1. The smallest absolute Gasteiger partial charge is 0.277 e. The van der Waals surface area contributed by atoms with Crippen molar-refractivity contribution in [1.29, 1.82) is 0 Å². The van der Waals surface area contributed by atoms with Crippen LogP contribution >= 0.6 is 0 Å². The first-order valence-corrected chi connectivity index (χ1v) is 5.22. The Morgan fingerprint density at radius 1 is 1.56 bits per heavy atom. The Morgan fingerprint density at radius 2 is 2.31 bits per heavy atom. The molecule has 1 amide bonds. The number of amides is 1. The molecule has 0 fully saturated rings. The number of hydrogen-bond acceptors (Lipinski definition) is 5. The summed E-state index contributed by atoms with van der Waals surface area (Å²) < 4.78 is -0.374. The molecule has 0 saturated heterocycles. The zero-order chi connectivity index (χ0) is 11.5. The number of carbonyl (C=O) groups excluding carboxylic acids is 1. The van der Waals surface area contributed by atoms with E-state index < -0.39 is 6.04 Å². The number of quaternary nitrogens is 1. The molecule has 0 aromatic heterocycles. The number of fused-ring (bicyclic) bond motifs is 2. The Hall–Kier alpha value is -1.60. The fourth-order valence-electron chi connectivity index (χ4n) is 2.43. The normalized spacial score (nSPS) is 37.1. The van der Waals surface area contributed by atoms with E-state index in [9.17, 15) is 9.70 Å². The van der Waals surface area contributed by atoms with Crippen molar-refractivity contribution in [1.82, 2.24) is 10.6 Å². The van der Waals surface area contributed by atoms with E-state index in [-0.39, 0.29) is 10.5 Å². The van der Waals surface area contributed by atoms with Gasteiger partial charge in [-0.3, -0.25) is 10.6 Å². The van der Waals surface area contributed by atoms with E-state index in [1.807, 2.05) is 0 Å². The zero-order valence-electron chi connectivity index (χ0n) is 9.15. The second kappa shape index (κ2) is 2.74. The van der Waals surface area contributed by atoms with Crippen LogP contribution in [0.15, 0.2) is 16.4 Å². The summed E-state index contributed by atoms with van der Waals surface area (Å²) in [6, 6.07) is -0.438. The first kappa shape index (κ1) is 9.61. The first-order chi connectivity index (χ1) is 7.56. The Morgan fingerprint density at radius 3 is 3.06 bits per heavy atom. The summed E-state index contributed by atoms with van der Waals surface area (Å²) in [5.74, 6) is 0.864. The van der Waals surface area contributed by atoms with Gasteiger partial charge in [0.15, 0.2) is 16.5 Å². The van der Waals surface area contributed by atoms with Gasteiger partial charge in [0.1, 0.15) is 13.7 Å². The van der Waals surface area contributed by atoms with Gasteiger partial charge < -0.3 is 0 Å². The lowest BCUT2D eigenvalue weighted by atomic mass is 10.2. The van der Waals surface area contributed by atoms with Gasteiger partial charge in [0.05, 0.1) is 0 Å². The molecule has 3 rings (SSSR count). The molecule has 3 heterocycles. The van der Waals surface area contributed by atoms with Crippen molar-refractivity contribution in [2.45, 2.75) is 13.0 Å². The van der Waals surface area contributed by atoms with Crippen molar-refractivity contribution in [3.63, 3.8) is 0 Å². The van der Waals surface area contributed by atoms with Crippen LogP contribution in [0.3, 0.4) is 0 Å². The second-order valence-electron chi connectivity index (χ2n) is 4.31. The number of likely N-dealkylation sites (N-methyl/N-ethyl adjacent to an activating group) is 1. The van der Waals surface area contributed by atoms with E-state index in [0.717, 1.165) is 10.4 Å². The average molecular weight is 223 g/mol. The van der Waals surface area contributed by atoms with Crippen molar-refractivity contribution in [2.75, 3.05) is 20.3 Å². The third-order valence-corrected chi connectivity index (χ3v) is 3.31. The molecule has 0 spiro atoms. The topological polar surface area (TPSA) is 73.6 Å². The SMILES string of the molecule is CC1N=C2C3=C(NCNC3)[N+](=O)[N+]2(C)C1=O.